The minimum atomic E-state index is -1.13. The fraction of sp³-hybridized carbons (Fsp3) is 0. The number of anilines is 1. The second-order valence-corrected chi connectivity index (χ2v) is 9.98. The lowest BCUT2D eigenvalue weighted by atomic mass is 10.1. The van der Waals surface area contributed by atoms with Crippen LogP contribution in [0.25, 0.3) is 22.6 Å². The molecule has 2 nitrogen and oxygen atoms in total. The molecular weight excluding hydrogens is 445 g/mol. The van der Waals surface area contributed by atoms with Gasteiger partial charge in [0.25, 0.3) is 0 Å². The molecular formula is C32H24NOP. The fourth-order valence-corrected chi connectivity index (χ4v) is 6.29. The lowest BCUT2D eigenvalue weighted by Crippen LogP contribution is -2.18. The molecule has 0 aromatic heterocycles. The van der Waals surface area contributed by atoms with Gasteiger partial charge in [0.2, 0.25) is 8.30 Å². The molecule has 35 heavy (non-hydrogen) atoms. The minimum absolute atomic E-state index is 0.916. The van der Waals surface area contributed by atoms with E-state index in [1.807, 2.05) is 12.1 Å². The summed E-state index contributed by atoms with van der Waals surface area (Å²) in [7, 11) is -1.13. The smallest absolute Gasteiger partial charge is 0.230 e. The molecule has 1 unspecified atom stereocenters. The van der Waals surface area contributed by atoms with Crippen molar-refractivity contribution in [1.29, 1.82) is 0 Å². The molecule has 1 heterocycles. The maximum Gasteiger partial charge on any atom is 0.230 e. The Kier molecular flexibility index (Phi) is 5.88. The Labute approximate surface area is 207 Å². The maximum absolute atomic E-state index is 6.88. The summed E-state index contributed by atoms with van der Waals surface area (Å²) in [6, 6.07) is 50.8. The predicted molar refractivity (Wildman–Crippen MR) is 148 cm³/mol. The maximum atomic E-state index is 6.88. The number of nitrogens with zero attached hydrogens (tertiary/aromatic N) is 1. The molecule has 0 saturated carbocycles. The van der Waals surface area contributed by atoms with Crippen LogP contribution in [0.1, 0.15) is 11.1 Å². The average molecular weight is 470 g/mol. The third-order valence-corrected chi connectivity index (χ3v) is 7.96. The summed E-state index contributed by atoms with van der Waals surface area (Å²) in [6.07, 6.45) is 0. The van der Waals surface area contributed by atoms with Crippen molar-refractivity contribution in [3.05, 3.63) is 157 Å². The number of rotatable bonds is 5. The van der Waals surface area contributed by atoms with E-state index in [-0.39, 0.29) is 0 Å². The first-order valence-electron chi connectivity index (χ1n) is 11.7. The van der Waals surface area contributed by atoms with E-state index in [0.717, 1.165) is 28.3 Å². The highest BCUT2D eigenvalue weighted by atomic mass is 31.2. The highest BCUT2D eigenvalue weighted by Gasteiger charge is 2.38. The summed E-state index contributed by atoms with van der Waals surface area (Å²) in [6.45, 7) is 0. The van der Waals surface area contributed by atoms with Crippen LogP contribution in [0.5, 0.6) is 0 Å². The van der Waals surface area contributed by atoms with Crippen molar-refractivity contribution in [2.75, 3.05) is 4.67 Å². The van der Waals surface area contributed by atoms with E-state index in [9.17, 15) is 0 Å². The first kappa shape index (κ1) is 21.4. The normalized spacial score (nSPS) is 15.2. The van der Waals surface area contributed by atoms with Crippen molar-refractivity contribution in [2.45, 2.75) is 0 Å². The highest BCUT2D eigenvalue weighted by molar-refractivity contribution is 7.64. The molecule has 5 aromatic carbocycles. The Morgan fingerprint density at radius 3 is 1.46 bits per heavy atom. The SMILES string of the molecule is c1ccc(C2=C(c3ccccc3)N(c3ccccc3)P(c3ccc(-c4ccccc4)cc3)O2)cc1. The van der Waals surface area contributed by atoms with Crippen molar-refractivity contribution in [2.24, 2.45) is 0 Å². The molecule has 0 radical (unpaired) electrons. The Bertz CT molecular complexity index is 1430. The lowest BCUT2D eigenvalue weighted by Gasteiger charge is -2.27. The van der Waals surface area contributed by atoms with Crippen LogP contribution < -0.4 is 9.97 Å². The summed E-state index contributed by atoms with van der Waals surface area (Å²) in [4.78, 5) is 0. The zero-order valence-corrected chi connectivity index (χ0v) is 20.1. The molecule has 0 aliphatic carbocycles. The molecule has 1 aliphatic rings. The minimum Gasteiger partial charge on any atom is -0.446 e. The summed E-state index contributed by atoms with van der Waals surface area (Å²) >= 11 is 0. The van der Waals surface area contributed by atoms with Crippen LogP contribution in [0.2, 0.25) is 0 Å². The third kappa shape index (κ3) is 4.25. The third-order valence-electron chi connectivity index (χ3n) is 6.07. The number of para-hydroxylation sites is 1. The Balaban J connectivity index is 1.49. The second-order valence-electron chi connectivity index (χ2n) is 8.33. The summed E-state index contributed by atoms with van der Waals surface area (Å²) < 4.78 is 9.26. The van der Waals surface area contributed by atoms with Gasteiger partial charge in [-0.3, -0.25) is 4.67 Å². The van der Waals surface area contributed by atoms with E-state index in [1.165, 1.54) is 16.4 Å². The number of benzene rings is 5. The van der Waals surface area contributed by atoms with Gasteiger partial charge >= 0.3 is 0 Å². The Morgan fingerprint density at radius 1 is 0.429 bits per heavy atom. The van der Waals surface area contributed by atoms with Gasteiger partial charge in [-0.15, -0.1) is 0 Å². The Hall–Kier alpha value is -4.13. The van der Waals surface area contributed by atoms with Gasteiger partial charge < -0.3 is 4.52 Å². The van der Waals surface area contributed by atoms with Crippen LogP contribution >= 0.6 is 8.30 Å². The van der Waals surface area contributed by atoms with E-state index >= 15 is 0 Å². The van der Waals surface area contributed by atoms with Gasteiger partial charge in [0.15, 0.2) is 5.76 Å². The molecule has 0 amide bonds. The monoisotopic (exact) mass is 469 g/mol. The molecule has 0 bridgehead atoms. The van der Waals surface area contributed by atoms with Gasteiger partial charge in [-0.05, 0) is 35.4 Å². The average Bonchev–Trinajstić information content (AvgIpc) is 3.36. The van der Waals surface area contributed by atoms with Crippen molar-refractivity contribution in [3.63, 3.8) is 0 Å². The molecule has 1 aliphatic heterocycles. The zero-order chi connectivity index (χ0) is 23.5. The van der Waals surface area contributed by atoms with Crippen LogP contribution in [0.3, 0.4) is 0 Å². The van der Waals surface area contributed by atoms with Crippen molar-refractivity contribution >= 4 is 30.7 Å². The molecule has 0 fully saturated rings. The fourth-order valence-electron chi connectivity index (χ4n) is 4.37. The van der Waals surface area contributed by atoms with Crippen molar-refractivity contribution in [3.8, 4) is 11.1 Å². The molecule has 0 N–H and O–H groups in total. The van der Waals surface area contributed by atoms with E-state index in [1.54, 1.807) is 0 Å². The molecule has 0 spiro atoms. The van der Waals surface area contributed by atoms with Gasteiger partial charge in [-0.1, -0.05) is 121 Å². The number of hydrogen-bond donors (Lipinski definition) is 0. The summed E-state index contributed by atoms with van der Waals surface area (Å²) in [5, 5.41) is 1.17. The van der Waals surface area contributed by atoms with E-state index in [4.69, 9.17) is 4.52 Å². The first-order chi connectivity index (χ1) is 17.4. The van der Waals surface area contributed by atoms with Crippen LogP contribution in [0.4, 0.5) is 5.69 Å². The molecule has 0 saturated heterocycles. The molecule has 1 atom stereocenters. The van der Waals surface area contributed by atoms with Gasteiger partial charge in [0, 0.05) is 22.1 Å². The summed E-state index contributed by atoms with van der Waals surface area (Å²) in [5.74, 6) is 0.916. The van der Waals surface area contributed by atoms with E-state index in [2.05, 4.69) is 138 Å². The van der Waals surface area contributed by atoms with Crippen molar-refractivity contribution < 1.29 is 4.52 Å². The van der Waals surface area contributed by atoms with E-state index in [0.29, 0.717) is 0 Å². The molecule has 168 valence electrons. The Morgan fingerprint density at radius 2 is 0.886 bits per heavy atom. The van der Waals surface area contributed by atoms with Crippen molar-refractivity contribution in [1.82, 2.24) is 0 Å². The topological polar surface area (TPSA) is 12.5 Å². The zero-order valence-electron chi connectivity index (χ0n) is 19.2. The standard InChI is InChI=1S/C32H24NOP/c1-5-13-25(14-6-1)26-21-23-30(24-22-26)35-33(29-19-11-4-12-20-29)31(27-15-7-2-8-16-27)32(34-35)28-17-9-3-10-18-28/h1-24H. The quantitative estimate of drug-likeness (QED) is 0.240. The van der Waals surface area contributed by atoms with Gasteiger partial charge in [0.05, 0.1) is 5.70 Å². The summed E-state index contributed by atoms with van der Waals surface area (Å²) in [5.41, 5.74) is 6.86. The van der Waals surface area contributed by atoms with Crippen LogP contribution in [0, 0.1) is 0 Å². The van der Waals surface area contributed by atoms with Crippen LogP contribution in [0.15, 0.2) is 146 Å². The predicted octanol–water partition coefficient (Wildman–Crippen LogP) is 8.35. The van der Waals surface area contributed by atoms with Gasteiger partial charge in [-0.2, -0.15) is 0 Å². The highest BCUT2D eigenvalue weighted by Crippen LogP contribution is 2.59. The van der Waals surface area contributed by atoms with Crippen LogP contribution in [-0.2, 0) is 4.52 Å². The van der Waals surface area contributed by atoms with Crippen LogP contribution in [-0.4, -0.2) is 0 Å². The lowest BCUT2D eigenvalue weighted by molar-refractivity contribution is 0.593. The van der Waals surface area contributed by atoms with Gasteiger partial charge in [-0.25, -0.2) is 0 Å². The number of hydrogen-bond acceptors (Lipinski definition) is 2. The largest absolute Gasteiger partial charge is 0.446 e. The van der Waals surface area contributed by atoms with Gasteiger partial charge in [0.1, 0.15) is 0 Å². The molecule has 6 rings (SSSR count). The molecule has 5 aromatic rings. The first-order valence-corrected chi connectivity index (χ1v) is 12.9. The van der Waals surface area contributed by atoms with E-state index < -0.39 is 8.30 Å². The second kappa shape index (κ2) is 9.62. The molecule has 3 heteroatoms.